The van der Waals surface area contributed by atoms with E-state index >= 15 is 0 Å². The lowest BCUT2D eigenvalue weighted by Crippen LogP contribution is -2.16. The van der Waals surface area contributed by atoms with Crippen molar-refractivity contribution < 1.29 is 9.53 Å². The van der Waals surface area contributed by atoms with Crippen molar-refractivity contribution >= 4 is 11.9 Å². The van der Waals surface area contributed by atoms with E-state index in [1.54, 1.807) is 7.11 Å². The Balaban J connectivity index is 1.77. The molecular formula is C18H22O2. The van der Waals surface area contributed by atoms with Crippen LogP contribution < -0.4 is 4.74 Å². The normalized spacial score (nSPS) is 25.6. The van der Waals surface area contributed by atoms with Crippen LogP contribution in [0.1, 0.15) is 44.1 Å². The molecule has 0 amide bonds. The average molecular weight is 270 g/mol. The topological polar surface area (TPSA) is 26.3 Å². The highest BCUT2D eigenvalue weighted by Gasteiger charge is 2.36. The number of rotatable bonds is 3. The molecule has 106 valence electrons. The second-order valence-electron chi connectivity index (χ2n) is 6.00. The van der Waals surface area contributed by atoms with Gasteiger partial charge < -0.3 is 4.74 Å². The molecule has 1 atom stereocenters. The van der Waals surface area contributed by atoms with Crippen LogP contribution in [0.3, 0.4) is 0 Å². The van der Waals surface area contributed by atoms with Gasteiger partial charge in [0.2, 0.25) is 0 Å². The summed E-state index contributed by atoms with van der Waals surface area (Å²) in [6.07, 6.45) is 9.18. The second-order valence-corrected chi connectivity index (χ2v) is 6.00. The second kappa shape index (κ2) is 5.82. The maximum Gasteiger partial charge on any atom is 0.162 e. The summed E-state index contributed by atoms with van der Waals surface area (Å²) in [6.45, 7) is 0. The Bertz CT molecular complexity index is 524. The number of methoxy groups -OCH3 is 1. The van der Waals surface area contributed by atoms with Gasteiger partial charge >= 0.3 is 0 Å². The predicted molar refractivity (Wildman–Crippen MR) is 80.7 cm³/mol. The lowest BCUT2D eigenvalue weighted by Gasteiger charge is -2.15. The Morgan fingerprint density at radius 2 is 2.00 bits per heavy atom. The Kier molecular flexibility index (Phi) is 3.90. The molecule has 2 aliphatic rings. The van der Waals surface area contributed by atoms with Gasteiger partial charge in [0.05, 0.1) is 7.11 Å². The third-order valence-electron chi connectivity index (χ3n) is 4.78. The first kappa shape index (κ1) is 13.4. The lowest BCUT2D eigenvalue weighted by atomic mass is 9.88. The number of hydrogen-bond donors (Lipinski definition) is 0. The number of carbonyl (C=O) groups excluding carboxylic acids is 1. The largest absolute Gasteiger partial charge is 0.497 e. The van der Waals surface area contributed by atoms with Crippen molar-refractivity contribution in [2.45, 2.75) is 38.5 Å². The van der Waals surface area contributed by atoms with Crippen LogP contribution in [0.2, 0.25) is 0 Å². The van der Waals surface area contributed by atoms with Gasteiger partial charge in [0.1, 0.15) is 5.75 Å². The van der Waals surface area contributed by atoms with Gasteiger partial charge in [0, 0.05) is 5.92 Å². The molecule has 0 bridgehead atoms. The van der Waals surface area contributed by atoms with Crippen LogP contribution in [0.4, 0.5) is 0 Å². The summed E-state index contributed by atoms with van der Waals surface area (Å²) in [6, 6.07) is 7.92. The highest BCUT2D eigenvalue weighted by molar-refractivity contribution is 6.03. The first-order chi connectivity index (χ1) is 9.78. The van der Waals surface area contributed by atoms with E-state index in [-0.39, 0.29) is 0 Å². The number of hydrogen-bond acceptors (Lipinski definition) is 2. The van der Waals surface area contributed by atoms with Gasteiger partial charge in [-0.3, -0.25) is 4.79 Å². The van der Waals surface area contributed by atoms with Gasteiger partial charge in [0.25, 0.3) is 0 Å². The van der Waals surface area contributed by atoms with Gasteiger partial charge in [-0.1, -0.05) is 25.0 Å². The van der Waals surface area contributed by atoms with Gasteiger partial charge in [-0.25, -0.2) is 0 Å². The van der Waals surface area contributed by atoms with Crippen LogP contribution in [0, 0.1) is 11.8 Å². The quantitative estimate of drug-likeness (QED) is 0.768. The summed E-state index contributed by atoms with van der Waals surface area (Å²) in [4.78, 5) is 12.6. The molecule has 1 aromatic rings. The van der Waals surface area contributed by atoms with Gasteiger partial charge in [-0.15, -0.1) is 0 Å². The third-order valence-corrected chi connectivity index (χ3v) is 4.78. The number of carbonyl (C=O) groups is 1. The van der Waals surface area contributed by atoms with Gasteiger partial charge in [0.15, 0.2) is 5.78 Å². The zero-order valence-corrected chi connectivity index (χ0v) is 12.1. The molecule has 2 nitrogen and oxygen atoms in total. The number of Topliss-reactive ketones (excluding diaryl/α,β-unsaturated/α-hetero) is 1. The molecule has 2 aliphatic carbocycles. The van der Waals surface area contributed by atoms with Crippen LogP contribution in [0.25, 0.3) is 6.08 Å². The molecule has 0 N–H and O–H groups in total. The summed E-state index contributed by atoms with van der Waals surface area (Å²) >= 11 is 0. The van der Waals surface area contributed by atoms with Crippen molar-refractivity contribution in [3.05, 3.63) is 35.4 Å². The van der Waals surface area contributed by atoms with Crippen molar-refractivity contribution in [3.8, 4) is 5.75 Å². The number of ether oxygens (including phenoxy) is 1. The summed E-state index contributed by atoms with van der Waals surface area (Å²) in [5.41, 5.74) is 2.08. The maximum absolute atomic E-state index is 12.6. The molecule has 0 radical (unpaired) electrons. The van der Waals surface area contributed by atoms with Crippen molar-refractivity contribution in [1.82, 2.24) is 0 Å². The number of allylic oxidation sites excluding steroid dienone is 1. The standard InChI is InChI=1S/C18H22O2/c1-20-16-8-4-5-13(12-16)11-15-9-10-17(18(15)19)14-6-2-3-7-14/h4-5,8,11-12,14,17H,2-3,6-7,9-10H2,1H3/b15-11+/t17-/m0/s1. The Hall–Kier alpha value is -1.57. The molecule has 0 spiro atoms. The van der Waals surface area contributed by atoms with E-state index in [0.717, 1.165) is 29.7 Å². The number of benzene rings is 1. The Morgan fingerprint density at radius 1 is 1.20 bits per heavy atom. The molecular weight excluding hydrogens is 248 g/mol. The summed E-state index contributed by atoms with van der Waals surface area (Å²) < 4.78 is 5.23. The van der Waals surface area contributed by atoms with Crippen LogP contribution >= 0.6 is 0 Å². The van der Waals surface area contributed by atoms with Gasteiger partial charge in [-0.2, -0.15) is 0 Å². The maximum atomic E-state index is 12.6. The average Bonchev–Trinajstić information content (AvgIpc) is 3.10. The minimum Gasteiger partial charge on any atom is -0.497 e. The van der Waals surface area contributed by atoms with E-state index < -0.39 is 0 Å². The van der Waals surface area contributed by atoms with E-state index in [1.165, 1.54) is 25.7 Å². The summed E-state index contributed by atoms with van der Waals surface area (Å²) in [5.74, 6) is 2.20. The van der Waals surface area contributed by atoms with E-state index in [4.69, 9.17) is 4.74 Å². The van der Waals surface area contributed by atoms with E-state index in [2.05, 4.69) is 6.08 Å². The highest BCUT2D eigenvalue weighted by Crippen LogP contribution is 2.40. The molecule has 0 aromatic heterocycles. The molecule has 0 heterocycles. The monoisotopic (exact) mass is 270 g/mol. The van der Waals surface area contributed by atoms with E-state index in [0.29, 0.717) is 17.6 Å². The van der Waals surface area contributed by atoms with E-state index in [1.807, 2.05) is 24.3 Å². The van der Waals surface area contributed by atoms with Crippen LogP contribution in [0.5, 0.6) is 5.75 Å². The fraction of sp³-hybridized carbons (Fsp3) is 0.500. The zero-order valence-electron chi connectivity index (χ0n) is 12.1. The zero-order chi connectivity index (χ0) is 13.9. The fourth-order valence-corrected chi connectivity index (χ4v) is 3.69. The Morgan fingerprint density at radius 3 is 2.75 bits per heavy atom. The third kappa shape index (κ3) is 2.65. The van der Waals surface area contributed by atoms with Crippen molar-refractivity contribution in [1.29, 1.82) is 0 Å². The Labute approximate surface area is 120 Å². The van der Waals surface area contributed by atoms with Crippen LogP contribution in [0.15, 0.2) is 29.8 Å². The van der Waals surface area contributed by atoms with Crippen LogP contribution in [-0.2, 0) is 4.79 Å². The lowest BCUT2D eigenvalue weighted by molar-refractivity contribution is -0.119. The van der Waals surface area contributed by atoms with Crippen molar-refractivity contribution in [2.75, 3.05) is 7.11 Å². The predicted octanol–water partition coefficient (Wildman–Crippen LogP) is 4.25. The minimum atomic E-state index is 0.300. The minimum absolute atomic E-state index is 0.300. The molecule has 2 heteroatoms. The van der Waals surface area contributed by atoms with Crippen LogP contribution in [-0.4, -0.2) is 12.9 Å². The summed E-state index contributed by atoms with van der Waals surface area (Å²) in [5, 5.41) is 0. The molecule has 20 heavy (non-hydrogen) atoms. The van der Waals surface area contributed by atoms with Crippen molar-refractivity contribution in [3.63, 3.8) is 0 Å². The fourth-order valence-electron chi connectivity index (χ4n) is 3.69. The van der Waals surface area contributed by atoms with Gasteiger partial charge in [-0.05, 0) is 60.9 Å². The number of ketones is 1. The smallest absolute Gasteiger partial charge is 0.162 e. The molecule has 0 unspecified atom stereocenters. The highest BCUT2D eigenvalue weighted by atomic mass is 16.5. The molecule has 3 rings (SSSR count). The molecule has 2 saturated carbocycles. The molecule has 0 saturated heterocycles. The van der Waals surface area contributed by atoms with E-state index in [9.17, 15) is 4.79 Å². The SMILES string of the molecule is COc1cccc(/C=C2\CC[C@@H](C3CCCC3)C2=O)c1. The first-order valence-corrected chi connectivity index (χ1v) is 7.67. The summed E-state index contributed by atoms with van der Waals surface area (Å²) in [7, 11) is 1.67. The molecule has 1 aromatic carbocycles. The van der Waals surface area contributed by atoms with Crippen molar-refractivity contribution in [2.24, 2.45) is 11.8 Å². The molecule has 2 fully saturated rings. The molecule has 0 aliphatic heterocycles. The first-order valence-electron chi connectivity index (χ1n) is 7.67.